The summed E-state index contributed by atoms with van der Waals surface area (Å²) in [7, 11) is 4.59. The molecule has 0 nitrogen and oxygen atoms in total. The van der Waals surface area contributed by atoms with Crippen molar-refractivity contribution in [2.45, 2.75) is 12.3 Å². The van der Waals surface area contributed by atoms with Crippen LogP contribution in [0.3, 0.4) is 0 Å². The van der Waals surface area contributed by atoms with Crippen LogP contribution in [0.2, 0.25) is 0 Å². The highest BCUT2D eigenvalue weighted by Crippen LogP contribution is 2.39. The van der Waals surface area contributed by atoms with Gasteiger partial charge < -0.3 is 0 Å². The summed E-state index contributed by atoms with van der Waals surface area (Å²) in [6.45, 7) is 10.3. The van der Waals surface area contributed by atoms with Crippen molar-refractivity contribution in [3.63, 3.8) is 0 Å². The molecular weight excluding hydrogens is 286 g/mol. The van der Waals surface area contributed by atoms with E-state index >= 15 is 0 Å². The molecule has 2 aromatic carbocycles. The Hall–Kier alpha value is -2.47. The van der Waals surface area contributed by atoms with Crippen LogP contribution in [0.15, 0.2) is 67.2 Å². The lowest BCUT2D eigenvalue weighted by Crippen LogP contribution is -2.26. The molecule has 2 aromatic rings. The minimum absolute atomic E-state index is 0.0207. The van der Waals surface area contributed by atoms with Crippen LogP contribution in [-0.4, -0.2) is 14.6 Å². The summed E-state index contributed by atoms with van der Waals surface area (Å²) in [6, 6.07) is 13.4. The minimum Gasteiger partial charge on any atom is -0.0996 e. The quantitative estimate of drug-likeness (QED) is 0.734. The Morgan fingerprint density at radius 1 is 1.00 bits per heavy atom. The summed E-state index contributed by atoms with van der Waals surface area (Å²) in [5.74, 6) is 0. The lowest BCUT2D eigenvalue weighted by molar-refractivity contribution is 0.869. The van der Waals surface area contributed by atoms with Gasteiger partial charge in [0.1, 0.15) is 0 Å². The van der Waals surface area contributed by atoms with Crippen LogP contribution in [0.1, 0.15) is 18.1 Å². The van der Waals surface area contributed by atoms with Gasteiger partial charge in [-0.05, 0) is 34.1 Å². The Labute approximate surface area is 144 Å². The molecule has 2 heteroatoms. The first-order valence-corrected chi connectivity index (χ1v) is 8.36. The fraction of sp³-hybridized carbons (Fsp3) is 0.0909. The van der Waals surface area contributed by atoms with Crippen molar-refractivity contribution in [3.8, 4) is 0 Å². The van der Waals surface area contributed by atoms with E-state index in [-0.39, 0.29) is 5.41 Å². The van der Waals surface area contributed by atoms with Gasteiger partial charge in [-0.25, -0.2) is 0 Å². The molecule has 1 atom stereocenters. The van der Waals surface area contributed by atoms with E-state index < -0.39 is 0 Å². The Morgan fingerprint density at radius 2 is 1.83 bits per heavy atom. The van der Waals surface area contributed by atoms with Crippen molar-refractivity contribution in [2.75, 3.05) is 0 Å². The summed E-state index contributed by atoms with van der Waals surface area (Å²) < 4.78 is 0. The van der Waals surface area contributed by atoms with Gasteiger partial charge in [-0.3, -0.25) is 0 Å². The highest BCUT2D eigenvalue weighted by molar-refractivity contribution is 6.76. The lowest BCUT2D eigenvalue weighted by atomic mass is 9.64. The third kappa shape index (κ3) is 1.56. The highest BCUT2D eigenvalue weighted by Gasteiger charge is 2.41. The average molecular weight is 302 g/mol. The Kier molecular flexibility index (Phi) is 2.63. The smallest absolute Gasteiger partial charge is 0.0996 e. The van der Waals surface area contributed by atoms with Crippen LogP contribution in [0.4, 0.5) is 0 Å². The van der Waals surface area contributed by atoms with Gasteiger partial charge in [-0.1, -0.05) is 89.7 Å². The van der Waals surface area contributed by atoms with Crippen molar-refractivity contribution in [1.82, 2.24) is 0 Å². The molecule has 2 radical (unpaired) electrons. The van der Waals surface area contributed by atoms with Gasteiger partial charge in [-0.2, -0.15) is 0 Å². The van der Waals surface area contributed by atoms with E-state index in [1.807, 2.05) is 12.2 Å². The molecule has 1 aliphatic carbocycles. The number of rotatable bonds is 2. The number of fused-ring (bicyclic) bond motifs is 5. The number of allylic oxidation sites excluding steroid dienone is 4. The first-order chi connectivity index (χ1) is 11.7. The van der Waals surface area contributed by atoms with Crippen molar-refractivity contribution in [3.05, 3.63) is 88.7 Å². The van der Waals surface area contributed by atoms with E-state index in [1.54, 1.807) is 0 Å². The predicted molar refractivity (Wildman–Crippen MR) is 105 cm³/mol. The standard InChI is InChI=1S/C22H16B2/c1-4-14-16-10-20-17(11-19(16)23-18(14)5-2)22(3)12-13-8-6-7-9-15(13)21(22)24-20/h4-12H,1-2H2,3H3. The molecule has 0 spiro atoms. The third-order valence-electron chi connectivity index (χ3n) is 5.67. The fourth-order valence-electron chi connectivity index (χ4n) is 4.50. The third-order valence-corrected chi connectivity index (χ3v) is 5.67. The second-order valence-corrected chi connectivity index (χ2v) is 6.94. The molecule has 2 heterocycles. The Bertz CT molecular complexity index is 1100. The van der Waals surface area contributed by atoms with Gasteiger partial charge in [0.2, 0.25) is 0 Å². The zero-order valence-electron chi connectivity index (χ0n) is 13.8. The first-order valence-electron chi connectivity index (χ1n) is 8.36. The summed E-state index contributed by atoms with van der Waals surface area (Å²) in [5, 5.41) is 2.71. The second-order valence-electron chi connectivity index (χ2n) is 6.94. The Morgan fingerprint density at radius 3 is 2.62 bits per heavy atom. The van der Waals surface area contributed by atoms with Gasteiger partial charge >= 0.3 is 0 Å². The van der Waals surface area contributed by atoms with E-state index in [1.165, 1.54) is 43.5 Å². The maximum absolute atomic E-state index is 3.99. The van der Waals surface area contributed by atoms with Gasteiger partial charge in [0, 0.05) is 5.41 Å². The van der Waals surface area contributed by atoms with Crippen molar-refractivity contribution in [2.24, 2.45) is 0 Å². The largest absolute Gasteiger partial charge is 0.193 e. The van der Waals surface area contributed by atoms with Gasteiger partial charge in [-0.15, -0.1) is 0 Å². The lowest BCUT2D eigenvalue weighted by Gasteiger charge is -2.22. The minimum atomic E-state index is -0.0207. The first kappa shape index (κ1) is 13.9. The van der Waals surface area contributed by atoms with Crippen LogP contribution in [-0.2, 0) is 5.41 Å². The van der Waals surface area contributed by atoms with E-state index in [4.69, 9.17) is 0 Å². The van der Waals surface area contributed by atoms with Crippen LogP contribution in [0.25, 0.3) is 17.1 Å². The fourth-order valence-corrected chi connectivity index (χ4v) is 4.50. The maximum atomic E-state index is 3.99. The molecule has 110 valence electrons. The Balaban J connectivity index is 1.76. The monoisotopic (exact) mass is 302 g/mol. The predicted octanol–water partition coefficient (Wildman–Crippen LogP) is 1.32. The van der Waals surface area contributed by atoms with Crippen LogP contribution in [0.5, 0.6) is 0 Å². The SMILES string of the molecule is C=CC1=C(C=C)c2cc3c(cc2[B]1)C1(C)C=c2ccccc2=C1[B]3. The molecule has 0 amide bonds. The molecule has 3 aliphatic rings. The summed E-state index contributed by atoms with van der Waals surface area (Å²) in [6.07, 6.45) is 6.28. The zero-order valence-corrected chi connectivity index (χ0v) is 13.8. The van der Waals surface area contributed by atoms with E-state index in [0.29, 0.717) is 0 Å². The van der Waals surface area contributed by atoms with Crippen molar-refractivity contribution >= 4 is 42.6 Å². The molecule has 1 unspecified atom stereocenters. The maximum Gasteiger partial charge on any atom is 0.193 e. The molecule has 0 saturated heterocycles. The molecule has 24 heavy (non-hydrogen) atoms. The number of hydrogen-bond donors (Lipinski definition) is 0. The van der Waals surface area contributed by atoms with Crippen LogP contribution >= 0.6 is 0 Å². The average Bonchev–Trinajstić information content (AvgIpc) is 3.18. The number of hydrogen-bond acceptors (Lipinski definition) is 0. The van der Waals surface area contributed by atoms with Gasteiger partial charge in [0.25, 0.3) is 0 Å². The topological polar surface area (TPSA) is 0 Å². The van der Waals surface area contributed by atoms with Crippen LogP contribution < -0.4 is 21.4 Å². The zero-order chi connectivity index (χ0) is 16.5. The van der Waals surface area contributed by atoms with E-state index in [0.717, 1.165) is 5.47 Å². The molecule has 0 bridgehead atoms. The van der Waals surface area contributed by atoms with Crippen LogP contribution in [0, 0.1) is 0 Å². The van der Waals surface area contributed by atoms with Gasteiger partial charge in [0.05, 0.1) is 0 Å². The van der Waals surface area contributed by atoms with Crippen molar-refractivity contribution in [1.29, 1.82) is 0 Å². The van der Waals surface area contributed by atoms with Gasteiger partial charge in [0.15, 0.2) is 14.6 Å². The normalized spacial score (nSPS) is 22.0. The molecule has 0 aromatic heterocycles. The highest BCUT2D eigenvalue weighted by atomic mass is 14.4. The molecule has 0 fully saturated rings. The molecule has 0 saturated carbocycles. The second kappa shape index (κ2) is 4.54. The van der Waals surface area contributed by atoms with E-state index in [2.05, 4.69) is 77.1 Å². The summed E-state index contributed by atoms with van der Waals surface area (Å²) in [5.41, 5.74) is 9.03. The molecule has 2 aliphatic heterocycles. The molecular formula is C22H16B2. The molecule has 5 rings (SSSR count). The van der Waals surface area contributed by atoms with Crippen molar-refractivity contribution < 1.29 is 0 Å². The summed E-state index contributed by atoms with van der Waals surface area (Å²) in [4.78, 5) is 0. The summed E-state index contributed by atoms with van der Waals surface area (Å²) >= 11 is 0. The van der Waals surface area contributed by atoms with E-state index in [9.17, 15) is 0 Å². The molecule has 0 N–H and O–H groups in total. The number of benzene rings is 2.